The molecule has 0 atom stereocenters. The summed E-state index contributed by atoms with van der Waals surface area (Å²) >= 11 is 0. The van der Waals surface area contributed by atoms with Gasteiger partial charge in [-0.25, -0.2) is 4.79 Å². The minimum Gasteiger partial charge on any atom is -0.349 e. The molecule has 1 saturated heterocycles. The number of nitrogens with zero attached hydrogens (tertiary/aromatic N) is 3. The first-order valence-corrected chi connectivity index (χ1v) is 6.78. The predicted octanol–water partition coefficient (Wildman–Crippen LogP) is 1.56. The van der Waals surface area contributed by atoms with E-state index < -0.39 is 17.8 Å². The maximum Gasteiger partial charge on any atom is 0.333 e. The Bertz CT molecular complexity index is 644. The third-order valence-electron chi connectivity index (χ3n) is 3.87. The normalized spacial score (nSPS) is 16.0. The molecule has 0 aliphatic carbocycles. The van der Waals surface area contributed by atoms with Crippen LogP contribution in [0.5, 0.6) is 0 Å². The van der Waals surface area contributed by atoms with Crippen molar-refractivity contribution in [3.8, 4) is 0 Å². The van der Waals surface area contributed by atoms with Crippen molar-refractivity contribution in [1.29, 1.82) is 0 Å². The summed E-state index contributed by atoms with van der Waals surface area (Å²) in [6.07, 6.45) is 1.57. The second kappa shape index (κ2) is 5.20. The van der Waals surface area contributed by atoms with Gasteiger partial charge in [0.05, 0.1) is 0 Å². The summed E-state index contributed by atoms with van der Waals surface area (Å²) in [5, 5.41) is 0. The third-order valence-corrected chi connectivity index (χ3v) is 3.87. The standard InChI is InChI=1S/C15H19N3O3/c1-6-18-9(2)7-11(10(18)3)8-12-13(19)16(4)15(21)17(5)14(12)20/h7-8H,6H2,1-5H3. The highest BCUT2D eigenvalue weighted by Gasteiger charge is 2.37. The van der Waals surface area contributed by atoms with Crippen LogP contribution in [0.1, 0.15) is 23.9 Å². The van der Waals surface area contributed by atoms with Crippen molar-refractivity contribution < 1.29 is 14.4 Å². The number of barbiturate groups is 1. The molecule has 6 heteroatoms. The van der Waals surface area contributed by atoms with Crippen molar-refractivity contribution in [2.75, 3.05) is 14.1 Å². The minimum absolute atomic E-state index is 0.0101. The third kappa shape index (κ3) is 2.26. The molecule has 1 aliphatic rings. The summed E-state index contributed by atoms with van der Waals surface area (Å²) in [7, 11) is 2.74. The van der Waals surface area contributed by atoms with Gasteiger partial charge >= 0.3 is 6.03 Å². The van der Waals surface area contributed by atoms with E-state index in [0.717, 1.165) is 33.3 Å². The number of hydrogen-bond donors (Lipinski definition) is 0. The van der Waals surface area contributed by atoms with Crippen LogP contribution >= 0.6 is 0 Å². The van der Waals surface area contributed by atoms with Gasteiger partial charge < -0.3 is 4.57 Å². The highest BCUT2D eigenvalue weighted by molar-refractivity contribution is 6.30. The summed E-state index contributed by atoms with van der Waals surface area (Å²) < 4.78 is 2.10. The SMILES string of the molecule is CCn1c(C)cc(C=C2C(=O)N(C)C(=O)N(C)C2=O)c1C. The topological polar surface area (TPSA) is 62.6 Å². The number of carbonyl (C=O) groups excluding carboxylic acids is 3. The molecule has 1 fully saturated rings. The Morgan fingerprint density at radius 3 is 2.00 bits per heavy atom. The van der Waals surface area contributed by atoms with Crippen molar-refractivity contribution in [3.05, 3.63) is 28.6 Å². The molecule has 0 bridgehead atoms. The van der Waals surface area contributed by atoms with Gasteiger partial charge in [-0.2, -0.15) is 0 Å². The van der Waals surface area contributed by atoms with Crippen LogP contribution in [0.3, 0.4) is 0 Å². The second-order valence-corrected chi connectivity index (χ2v) is 5.14. The number of rotatable bonds is 2. The van der Waals surface area contributed by atoms with Gasteiger partial charge in [-0.1, -0.05) is 0 Å². The number of likely N-dealkylation sites (N-methyl/N-ethyl adjacent to an activating group) is 2. The number of urea groups is 1. The molecule has 6 nitrogen and oxygen atoms in total. The van der Waals surface area contributed by atoms with Gasteiger partial charge in [0.1, 0.15) is 5.57 Å². The lowest BCUT2D eigenvalue weighted by Crippen LogP contribution is -2.52. The van der Waals surface area contributed by atoms with Gasteiger partial charge in [0, 0.05) is 32.0 Å². The lowest BCUT2D eigenvalue weighted by atomic mass is 10.1. The molecule has 0 radical (unpaired) electrons. The van der Waals surface area contributed by atoms with Crippen molar-refractivity contribution in [2.45, 2.75) is 27.3 Å². The van der Waals surface area contributed by atoms with E-state index >= 15 is 0 Å². The van der Waals surface area contributed by atoms with E-state index in [1.54, 1.807) is 6.08 Å². The molecule has 0 unspecified atom stereocenters. The molecule has 0 N–H and O–H groups in total. The Labute approximate surface area is 123 Å². The van der Waals surface area contributed by atoms with E-state index in [1.165, 1.54) is 14.1 Å². The lowest BCUT2D eigenvalue weighted by molar-refractivity contribution is -0.134. The zero-order valence-electron chi connectivity index (χ0n) is 12.9. The Balaban J connectivity index is 2.52. The van der Waals surface area contributed by atoms with E-state index in [4.69, 9.17) is 0 Å². The van der Waals surface area contributed by atoms with Crippen LogP contribution in [0.25, 0.3) is 6.08 Å². The summed E-state index contributed by atoms with van der Waals surface area (Å²) in [6.45, 7) is 6.78. The number of aryl methyl sites for hydroxylation is 1. The summed E-state index contributed by atoms with van der Waals surface area (Å²) in [5.74, 6) is -1.13. The zero-order valence-corrected chi connectivity index (χ0v) is 12.9. The molecule has 1 aliphatic heterocycles. The van der Waals surface area contributed by atoms with Gasteiger partial charge in [0.25, 0.3) is 11.8 Å². The Hall–Kier alpha value is -2.37. The van der Waals surface area contributed by atoms with Gasteiger partial charge in [-0.05, 0) is 38.5 Å². The first-order valence-electron chi connectivity index (χ1n) is 6.78. The van der Waals surface area contributed by atoms with Crippen LogP contribution in [-0.2, 0) is 16.1 Å². The first kappa shape index (κ1) is 15.0. The van der Waals surface area contributed by atoms with Crippen molar-refractivity contribution in [3.63, 3.8) is 0 Å². The monoisotopic (exact) mass is 289 g/mol. The number of amides is 4. The molecule has 2 heterocycles. The van der Waals surface area contributed by atoms with E-state index in [9.17, 15) is 14.4 Å². The average Bonchev–Trinajstić information content (AvgIpc) is 2.73. The van der Waals surface area contributed by atoms with Crippen molar-refractivity contribution >= 4 is 23.9 Å². The average molecular weight is 289 g/mol. The van der Waals surface area contributed by atoms with Crippen LogP contribution in [0.4, 0.5) is 4.79 Å². The quantitative estimate of drug-likeness (QED) is 0.613. The fourth-order valence-electron chi connectivity index (χ4n) is 2.59. The largest absolute Gasteiger partial charge is 0.349 e. The predicted molar refractivity (Wildman–Crippen MR) is 78.5 cm³/mol. The zero-order chi connectivity index (χ0) is 15.9. The van der Waals surface area contributed by atoms with Crippen LogP contribution in [0.15, 0.2) is 11.6 Å². The van der Waals surface area contributed by atoms with E-state index in [0.29, 0.717) is 0 Å². The van der Waals surface area contributed by atoms with Gasteiger partial charge in [0.2, 0.25) is 0 Å². The molecule has 1 aromatic rings. The van der Waals surface area contributed by atoms with Crippen molar-refractivity contribution in [1.82, 2.24) is 14.4 Å². The van der Waals surface area contributed by atoms with E-state index in [2.05, 4.69) is 4.57 Å². The van der Waals surface area contributed by atoms with E-state index in [1.807, 2.05) is 26.8 Å². The molecule has 112 valence electrons. The summed E-state index contributed by atoms with van der Waals surface area (Å²) in [5.41, 5.74) is 2.89. The van der Waals surface area contributed by atoms with Gasteiger partial charge in [0.15, 0.2) is 0 Å². The highest BCUT2D eigenvalue weighted by Crippen LogP contribution is 2.22. The Kier molecular flexibility index (Phi) is 3.72. The molecule has 4 amide bonds. The van der Waals surface area contributed by atoms with Crippen LogP contribution in [0.2, 0.25) is 0 Å². The molecule has 21 heavy (non-hydrogen) atoms. The van der Waals surface area contributed by atoms with E-state index in [-0.39, 0.29) is 5.57 Å². The maximum absolute atomic E-state index is 12.2. The lowest BCUT2D eigenvalue weighted by Gasteiger charge is -2.28. The number of imide groups is 2. The number of aromatic nitrogens is 1. The second-order valence-electron chi connectivity index (χ2n) is 5.14. The number of hydrogen-bond acceptors (Lipinski definition) is 3. The summed E-state index contributed by atoms with van der Waals surface area (Å²) in [4.78, 5) is 37.9. The molecule has 2 rings (SSSR count). The molecule has 0 spiro atoms. The molecule has 0 saturated carbocycles. The maximum atomic E-state index is 12.2. The fourth-order valence-corrected chi connectivity index (χ4v) is 2.59. The molecule has 0 aromatic carbocycles. The Morgan fingerprint density at radius 1 is 1.05 bits per heavy atom. The minimum atomic E-state index is -0.610. The van der Waals surface area contributed by atoms with Crippen LogP contribution < -0.4 is 0 Å². The van der Waals surface area contributed by atoms with Crippen molar-refractivity contribution in [2.24, 2.45) is 0 Å². The van der Waals surface area contributed by atoms with Crippen LogP contribution in [-0.4, -0.2) is 46.3 Å². The fraction of sp³-hybridized carbons (Fsp3) is 0.400. The first-order chi connectivity index (χ1) is 9.79. The number of carbonyl (C=O) groups is 3. The molecule has 1 aromatic heterocycles. The Morgan fingerprint density at radius 2 is 1.57 bits per heavy atom. The highest BCUT2D eigenvalue weighted by atomic mass is 16.2. The molecular formula is C15H19N3O3. The van der Waals surface area contributed by atoms with Crippen LogP contribution in [0, 0.1) is 13.8 Å². The smallest absolute Gasteiger partial charge is 0.333 e. The van der Waals surface area contributed by atoms with Gasteiger partial charge in [-0.3, -0.25) is 19.4 Å². The van der Waals surface area contributed by atoms with Gasteiger partial charge in [-0.15, -0.1) is 0 Å². The molecular weight excluding hydrogens is 270 g/mol. The summed E-state index contributed by atoms with van der Waals surface area (Å²) in [6, 6.07) is 1.32.